The fourth-order valence-corrected chi connectivity index (χ4v) is 1.46. The molecule has 1 fully saturated rings. The van der Waals surface area contributed by atoms with Gasteiger partial charge in [-0.2, -0.15) is 4.98 Å². The third-order valence-corrected chi connectivity index (χ3v) is 2.49. The zero-order chi connectivity index (χ0) is 11.4. The zero-order valence-corrected chi connectivity index (χ0v) is 9.53. The van der Waals surface area contributed by atoms with Crippen molar-refractivity contribution in [2.24, 2.45) is 0 Å². The Bertz CT molecular complexity index is 358. The molecule has 1 heterocycles. The zero-order valence-electron chi connectivity index (χ0n) is 9.53. The van der Waals surface area contributed by atoms with Crippen LogP contribution in [0.5, 0.6) is 0 Å². The smallest absolute Gasteiger partial charge is 0.227 e. The maximum atomic E-state index is 11.4. The first-order valence-electron chi connectivity index (χ1n) is 5.88. The number of amides is 1. The predicted octanol–water partition coefficient (Wildman–Crippen LogP) is 1.23. The second-order valence-corrected chi connectivity index (χ2v) is 4.20. The summed E-state index contributed by atoms with van der Waals surface area (Å²) in [5.74, 6) is 1.38. The molecule has 16 heavy (non-hydrogen) atoms. The Balaban J connectivity index is 1.72. The van der Waals surface area contributed by atoms with Gasteiger partial charge >= 0.3 is 0 Å². The summed E-state index contributed by atoms with van der Waals surface area (Å²) in [6.45, 7) is 2.07. The minimum Gasteiger partial charge on any atom is -0.353 e. The lowest BCUT2D eigenvalue weighted by Gasteiger charge is -1.99. The molecule has 0 aromatic carbocycles. The topological polar surface area (TPSA) is 68.0 Å². The predicted molar refractivity (Wildman–Crippen MR) is 57.8 cm³/mol. The summed E-state index contributed by atoms with van der Waals surface area (Å²) in [7, 11) is 0. The van der Waals surface area contributed by atoms with Gasteiger partial charge in [0.2, 0.25) is 11.8 Å². The minimum atomic E-state index is 0.0812. The number of carbonyl (C=O) groups excluding carboxylic acids is 1. The Hall–Kier alpha value is -1.39. The van der Waals surface area contributed by atoms with Crippen LogP contribution in [-0.4, -0.2) is 22.1 Å². The molecule has 0 aliphatic heterocycles. The summed E-state index contributed by atoms with van der Waals surface area (Å²) in [6, 6.07) is 0.422. The molecule has 1 aliphatic carbocycles. The van der Waals surface area contributed by atoms with Gasteiger partial charge in [-0.05, 0) is 19.3 Å². The largest absolute Gasteiger partial charge is 0.353 e. The van der Waals surface area contributed by atoms with Crippen molar-refractivity contribution >= 4 is 5.91 Å². The van der Waals surface area contributed by atoms with E-state index in [4.69, 9.17) is 4.52 Å². The van der Waals surface area contributed by atoms with Crippen LogP contribution < -0.4 is 5.32 Å². The van der Waals surface area contributed by atoms with Crippen LogP contribution in [-0.2, 0) is 17.6 Å². The number of rotatable bonds is 6. The first-order chi connectivity index (χ1) is 7.78. The molecule has 1 amide bonds. The van der Waals surface area contributed by atoms with E-state index in [1.54, 1.807) is 0 Å². The van der Waals surface area contributed by atoms with E-state index in [-0.39, 0.29) is 5.91 Å². The summed E-state index contributed by atoms with van der Waals surface area (Å²) in [4.78, 5) is 15.6. The number of nitrogens with one attached hydrogen (secondary N) is 1. The van der Waals surface area contributed by atoms with Gasteiger partial charge in [0.05, 0.1) is 0 Å². The quantitative estimate of drug-likeness (QED) is 0.787. The van der Waals surface area contributed by atoms with Gasteiger partial charge in [0.15, 0.2) is 5.82 Å². The third kappa shape index (κ3) is 3.32. The molecule has 0 radical (unpaired) electrons. The minimum absolute atomic E-state index is 0.0812. The average molecular weight is 223 g/mol. The number of hydrogen-bond donors (Lipinski definition) is 1. The molecule has 1 saturated carbocycles. The molecule has 1 N–H and O–H groups in total. The van der Waals surface area contributed by atoms with Crippen LogP contribution >= 0.6 is 0 Å². The van der Waals surface area contributed by atoms with Crippen molar-refractivity contribution in [2.75, 3.05) is 0 Å². The van der Waals surface area contributed by atoms with Crippen molar-refractivity contribution in [3.63, 3.8) is 0 Å². The number of carbonyl (C=O) groups is 1. The molecule has 1 aromatic heterocycles. The van der Waals surface area contributed by atoms with Crippen LogP contribution in [0.4, 0.5) is 0 Å². The van der Waals surface area contributed by atoms with Crippen LogP contribution in [0.15, 0.2) is 4.52 Å². The van der Waals surface area contributed by atoms with Crippen LogP contribution in [0.25, 0.3) is 0 Å². The molecular weight excluding hydrogens is 206 g/mol. The Morgan fingerprint density at radius 1 is 1.50 bits per heavy atom. The molecule has 0 spiro atoms. The highest BCUT2D eigenvalue weighted by Gasteiger charge is 2.23. The van der Waals surface area contributed by atoms with Gasteiger partial charge in [-0.15, -0.1) is 0 Å². The van der Waals surface area contributed by atoms with Crippen molar-refractivity contribution in [1.82, 2.24) is 15.5 Å². The Labute approximate surface area is 94.6 Å². The second-order valence-electron chi connectivity index (χ2n) is 4.20. The number of hydrogen-bond acceptors (Lipinski definition) is 4. The number of nitrogens with zero attached hydrogens (tertiary/aromatic N) is 2. The molecule has 0 unspecified atom stereocenters. The summed E-state index contributed by atoms with van der Waals surface area (Å²) < 4.78 is 5.05. The molecule has 0 bridgehead atoms. The molecule has 5 nitrogen and oxygen atoms in total. The van der Waals surface area contributed by atoms with Crippen molar-refractivity contribution in [3.8, 4) is 0 Å². The van der Waals surface area contributed by atoms with E-state index < -0.39 is 0 Å². The number of aryl methyl sites for hydroxylation is 2. The van der Waals surface area contributed by atoms with Gasteiger partial charge in [0, 0.05) is 25.3 Å². The summed E-state index contributed by atoms with van der Waals surface area (Å²) in [6.07, 6.45) is 5.04. The molecule has 0 saturated heterocycles. The van der Waals surface area contributed by atoms with E-state index in [0.29, 0.717) is 24.8 Å². The standard InChI is InChI=1S/C11H17N3O2/c1-2-3-9-13-11(16-14-9)7-6-10(15)12-8-4-5-8/h8H,2-7H2,1H3,(H,12,15). The average Bonchev–Trinajstić information content (AvgIpc) is 2.95. The number of aromatic nitrogens is 2. The lowest BCUT2D eigenvalue weighted by atomic mass is 10.3. The molecule has 5 heteroatoms. The van der Waals surface area contributed by atoms with Crippen molar-refractivity contribution in [1.29, 1.82) is 0 Å². The highest BCUT2D eigenvalue weighted by molar-refractivity contribution is 5.76. The van der Waals surface area contributed by atoms with E-state index >= 15 is 0 Å². The Morgan fingerprint density at radius 3 is 3.00 bits per heavy atom. The van der Waals surface area contributed by atoms with Gasteiger partial charge in [0.25, 0.3) is 0 Å². The van der Waals surface area contributed by atoms with Gasteiger partial charge in [0.1, 0.15) is 0 Å². The second kappa shape index (κ2) is 5.09. The van der Waals surface area contributed by atoms with Crippen molar-refractivity contribution < 1.29 is 9.32 Å². The van der Waals surface area contributed by atoms with Crippen LogP contribution in [0.2, 0.25) is 0 Å². The lowest BCUT2D eigenvalue weighted by molar-refractivity contribution is -0.121. The van der Waals surface area contributed by atoms with Crippen LogP contribution in [0, 0.1) is 0 Å². The van der Waals surface area contributed by atoms with Crippen molar-refractivity contribution in [3.05, 3.63) is 11.7 Å². The normalized spacial score (nSPS) is 15.1. The van der Waals surface area contributed by atoms with Gasteiger partial charge in [-0.25, -0.2) is 0 Å². The molecule has 1 aromatic rings. The first-order valence-corrected chi connectivity index (χ1v) is 5.88. The summed E-state index contributed by atoms with van der Waals surface area (Å²) >= 11 is 0. The van der Waals surface area contributed by atoms with E-state index in [0.717, 1.165) is 31.5 Å². The van der Waals surface area contributed by atoms with Gasteiger partial charge in [-0.1, -0.05) is 12.1 Å². The fraction of sp³-hybridized carbons (Fsp3) is 0.727. The van der Waals surface area contributed by atoms with Crippen LogP contribution in [0.1, 0.15) is 44.3 Å². The van der Waals surface area contributed by atoms with Gasteiger partial charge < -0.3 is 9.84 Å². The molecule has 0 atom stereocenters. The highest BCUT2D eigenvalue weighted by Crippen LogP contribution is 2.18. The summed E-state index contributed by atoms with van der Waals surface area (Å²) in [5, 5.41) is 6.77. The Kier molecular flexibility index (Phi) is 3.54. The Morgan fingerprint density at radius 2 is 2.31 bits per heavy atom. The van der Waals surface area contributed by atoms with E-state index in [1.807, 2.05) is 0 Å². The SMILES string of the molecule is CCCc1noc(CCC(=O)NC2CC2)n1. The van der Waals surface area contributed by atoms with Crippen molar-refractivity contribution in [2.45, 2.75) is 51.5 Å². The summed E-state index contributed by atoms with van der Waals surface area (Å²) in [5.41, 5.74) is 0. The molecular formula is C11H17N3O2. The fourth-order valence-electron chi connectivity index (χ4n) is 1.46. The van der Waals surface area contributed by atoms with E-state index in [9.17, 15) is 4.79 Å². The lowest BCUT2D eigenvalue weighted by Crippen LogP contribution is -2.25. The maximum absolute atomic E-state index is 11.4. The van der Waals surface area contributed by atoms with Crippen LogP contribution in [0.3, 0.4) is 0 Å². The third-order valence-electron chi connectivity index (χ3n) is 2.49. The highest BCUT2D eigenvalue weighted by atomic mass is 16.5. The van der Waals surface area contributed by atoms with E-state index in [1.165, 1.54) is 0 Å². The molecule has 2 rings (SSSR count). The molecule has 1 aliphatic rings. The first kappa shape index (κ1) is 11.1. The maximum Gasteiger partial charge on any atom is 0.227 e. The van der Waals surface area contributed by atoms with E-state index in [2.05, 4.69) is 22.4 Å². The van der Waals surface area contributed by atoms with Gasteiger partial charge in [-0.3, -0.25) is 4.79 Å². The molecule has 88 valence electrons. The monoisotopic (exact) mass is 223 g/mol.